The maximum atomic E-state index is 13.0. The number of carboxylic acid groups (broad SMARTS) is 1. The number of nitrogens with two attached hydrogens (primary N) is 1. The van der Waals surface area contributed by atoms with Crippen molar-refractivity contribution < 1.29 is 42.6 Å². The summed E-state index contributed by atoms with van der Waals surface area (Å²) in [5, 5.41) is 22.8. The van der Waals surface area contributed by atoms with Gasteiger partial charge in [-0.3, -0.25) is 19.2 Å². The quantitative estimate of drug-likeness (QED) is 0.340. The summed E-state index contributed by atoms with van der Waals surface area (Å²) >= 11 is 0. The molecular formula is C20H25F3N4O6. The van der Waals surface area contributed by atoms with E-state index in [1.165, 1.54) is 11.8 Å². The van der Waals surface area contributed by atoms with Gasteiger partial charge < -0.3 is 31.5 Å². The van der Waals surface area contributed by atoms with Crippen LogP contribution >= 0.6 is 0 Å². The fourth-order valence-electron chi connectivity index (χ4n) is 3.51. The van der Waals surface area contributed by atoms with E-state index < -0.39 is 72.3 Å². The molecule has 1 aromatic rings. The van der Waals surface area contributed by atoms with Crippen molar-refractivity contribution in [1.29, 1.82) is 0 Å². The number of aliphatic hydroxyl groups excluding tert-OH is 1. The minimum Gasteiger partial charge on any atom is -0.481 e. The number of anilines is 1. The summed E-state index contributed by atoms with van der Waals surface area (Å²) in [5.74, 6) is -3.43. The molecule has 1 aliphatic rings. The van der Waals surface area contributed by atoms with E-state index >= 15 is 0 Å². The molecule has 13 heteroatoms. The van der Waals surface area contributed by atoms with Crippen LogP contribution in [0.3, 0.4) is 0 Å². The van der Waals surface area contributed by atoms with Gasteiger partial charge in [-0.15, -0.1) is 0 Å². The lowest BCUT2D eigenvalue weighted by Crippen LogP contribution is -2.54. The lowest BCUT2D eigenvalue weighted by atomic mass is 10.1. The second-order valence-electron chi connectivity index (χ2n) is 7.67. The Hall–Kier alpha value is -3.35. The highest BCUT2D eigenvalue weighted by Crippen LogP contribution is 2.34. The van der Waals surface area contributed by atoms with Crippen LogP contribution < -0.4 is 16.4 Å². The Labute approximate surface area is 186 Å². The Balaban J connectivity index is 2.07. The van der Waals surface area contributed by atoms with Crippen LogP contribution in [0.25, 0.3) is 0 Å². The fourth-order valence-corrected chi connectivity index (χ4v) is 3.51. The van der Waals surface area contributed by atoms with Gasteiger partial charge in [0.05, 0.1) is 24.6 Å². The zero-order valence-electron chi connectivity index (χ0n) is 17.7. The van der Waals surface area contributed by atoms with Crippen molar-refractivity contribution in [1.82, 2.24) is 15.5 Å². The third kappa shape index (κ3) is 6.57. The Kier molecular flexibility index (Phi) is 8.25. The van der Waals surface area contributed by atoms with Crippen molar-refractivity contribution in [3.63, 3.8) is 0 Å². The van der Waals surface area contributed by atoms with Crippen molar-refractivity contribution in [3.05, 3.63) is 29.3 Å². The predicted octanol–water partition coefficient (Wildman–Crippen LogP) is 0.349. The van der Waals surface area contributed by atoms with Gasteiger partial charge in [-0.05, 0) is 38.0 Å². The molecular weight excluding hydrogens is 449 g/mol. The van der Waals surface area contributed by atoms with Crippen molar-refractivity contribution in [3.8, 4) is 0 Å². The minimum absolute atomic E-state index is 0.194. The molecule has 1 aliphatic heterocycles. The van der Waals surface area contributed by atoms with Gasteiger partial charge in [0.1, 0.15) is 12.1 Å². The number of nitrogens with one attached hydrogen (secondary N) is 2. The number of carboxylic acids is 1. The van der Waals surface area contributed by atoms with Crippen LogP contribution in [-0.2, 0) is 20.6 Å². The average Bonchev–Trinajstić information content (AvgIpc) is 3.21. The van der Waals surface area contributed by atoms with Gasteiger partial charge in [-0.25, -0.2) is 0 Å². The predicted molar refractivity (Wildman–Crippen MR) is 109 cm³/mol. The fraction of sp³-hybridized carbons (Fsp3) is 0.500. The summed E-state index contributed by atoms with van der Waals surface area (Å²) in [7, 11) is 0. The zero-order valence-corrected chi connectivity index (χ0v) is 17.7. The molecule has 6 N–H and O–H groups in total. The maximum Gasteiger partial charge on any atom is 0.418 e. The highest BCUT2D eigenvalue weighted by Gasteiger charge is 2.37. The van der Waals surface area contributed by atoms with Gasteiger partial charge in [-0.2, -0.15) is 13.2 Å². The summed E-state index contributed by atoms with van der Waals surface area (Å²) in [4.78, 5) is 49.8. The highest BCUT2D eigenvalue weighted by molar-refractivity contribution is 5.99. The second-order valence-corrected chi connectivity index (χ2v) is 7.67. The summed E-state index contributed by atoms with van der Waals surface area (Å²) in [5.41, 5.74) is 3.26. The van der Waals surface area contributed by atoms with E-state index in [1.807, 2.05) is 0 Å². The molecule has 0 bridgehead atoms. The number of nitrogen functional groups attached to an aromatic ring is 1. The third-order valence-corrected chi connectivity index (χ3v) is 5.17. The van der Waals surface area contributed by atoms with E-state index in [0.717, 1.165) is 12.1 Å². The molecule has 3 amide bonds. The first kappa shape index (κ1) is 25.9. The Morgan fingerprint density at radius 3 is 2.48 bits per heavy atom. The molecule has 0 aliphatic carbocycles. The van der Waals surface area contributed by atoms with Crippen LogP contribution in [0.15, 0.2) is 18.2 Å². The normalized spacial score (nSPS) is 17.8. The van der Waals surface area contributed by atoms with Crippen molar-refractivity contribution in [2.24, 2.45) is 0 Å². The number of carbonyl (C=O) groups is 4. The van der Waals surface area contributed by atoms with E-state index in [-0.39, 0.29) is 18.5 Å². The number of rotatable bonds is 8. The number of carbonyl (C=O) groups excluding carboxylic acids is 3. The average molecular weight is 474 g/mol. The van der Waals surface area contributed by atoms with E-state index in [1.54, 1.807) is 0 Å². The molecule has 0 radical (unpaired) electrons. The van der Waals surface area contributed by atoms with E-state index in [2.05, 4.69) is 10.6 Å². The number of aliphatic hydroxyl groups is 1. The summed E-state index contributed by atoms with van der Waals surface area (Å²) in [6.45, 7) is 0.920. The molecule has 33 heavy (non-hydrogen) atoms. The van der Waals surface area contributed by atoms with Crippen LogP contribution in [0.2, 0.25) is 0 Å². The molecule has 2 rings (SSSR count). The van der Waals surface area contributed by atoms with E-state index in [9.17, 15) is 37.5 Å². The standard InChI is InChI=1S/C20H25F3N4O6/c1-10(25-17(31)11-4-5-14(24)13(7-11)20(21,22)23)19(33)27-6-2-3-15(27)18(32)26-12(9-28)8-16(29)30/h4-5,7,10,12,15,28H,2-3,6,8-9,24H2,1H3,(H,25,31)(H,26,32)(H,29,30). The minimum atomic E-state index is -4.76. The number of likely N-dealkylation sites (tertiary alicyclic amines) is 1. The molecule has 1 saturated heterocycles. The largest absolute Gasteiger partial charge is 0.481 e. The smallest absolute Gasteiger partial charge is 0.418 e. The molecule has 0 spiro atoms. The topological polar surface area (TPSA) is 162 Å². The molecule has 3 atom stereocenters. The van der Waals surface area contributed by atoms with Crippen molar-refractivity contribution >= 4 is 29.4 Å². The maximum absolute atomic E-state index is 13.0. The van der Waals surface area contributed by atoms with Crippen LogP contribution in [0, 0.1) is 0 Å². The molecule has 0 aromatic heterocycles. The lowest BCUT2D eigenvalue weighted by Gasteiger charge is -2.28. The van der Waals surface area contributed by atoms with Gasteiger partial charge in [0.25, 0.3) is 5.91 Å². The Bertz CT molecular complexity index is 924. The number of hydrogen-bond donors (Lipinski definition) is 5. The monoisotopic (exact) mass is 474 g/mol. The van der Waals surface area contributed by atoms with Crippen LogP contribution in [0.1, 0.15) is 42.1 Å². The first-order valence-electron chi connectivity index (χ1n) is 10.1. The molecule has 1 fully saturated rings. The van der Waals surface area contributed by atoms with Crippen LogP contribution in [-0.4, -0.2) is 70.1 Å². The molecule has 0 saturated carbocycles. The van der Waals surface area contributed by atoms with E-state index in [0.29, 0.717) is 12.5 Å². The highest BCUT2D eigenvalue weighted by atomic mass is 19.4. The molecule has 10 nitrogen and oxygen atoms in total. The van der Waals surface area contributed by atoms with Crippen LogP contribution in [0.5, 0.6) is 0 Å². The number of amides is 3. The Morgan fingerprint density at radius 2 is 1.91 bits per heavy atom. The number of alkyl halides is 3. The van der Waals surface area contributed by atoms with Gasteiger partial charge in [0.2, 0.25) is 11.8 Å². The Morgan fingerprint density at radius 1 is 1.24 bits per heavy atom. The number of nitrogens with zero attached hydrogens (tertiary/aromatic N) is 1. The van der Waals surface area contributed by atoms with Gasteiger partial charge in [0, 0.05) is 17.8 Å². The van der Waals surface area contributed by atoms with Crippen molar-refractivity contribution in [2.45, 2.75) is 50.5 Å². The molecule has 3 unspecified atom stereocenters. The molecule has 182 valence electrons. The van der Waals surface area contributed by atoms with Crippen LogP contribution in [0.4, 0.5) is 18.9 Å². The van der Waals surface area contributed by atoms with Gasteiger partial charge in [0.15, 0.2) is 0 Å². The zero-order chi connectivity index (χ0) is 24.9. The van der Waals surface area contributed by atoms with E-state index in [4.69, 9.17) is 10.8 Å². The number of halogens is 3. The molecule has 1 aromatic carbocycles. The van der Waals surface area contributed by atoms with Crippen molar-refractivity contribution in [2.75, 3.05) is 18.9 Å². The molecule has 1 heterocycles. The SMILES string of the molecule is CC(NC(=O)c1ccc(N)c(C(F)(F)F)c1)C(=O)N1CCCC1C(=O)NC(CO)CC(=O)O. The summed E-state index contributed by atoms with van der Waals surface area (Å²) < 4.78 is 39.1. The first-order valence-corrected chi connectivity index (χ1v) is 10.1. The number of benzene rings is 1. The lowest BCUT2D eigenvalue weighted by molar-refractivity contribution is -0.141. The second kappa shape index (κ2) is 10.5. The number of hydrogen-bond acceptors (Lipinski definition) is 6. The third-order valence-electron chi connectivity index (χ3n) is 5.17. The van der Waals surface area contributed by atoms with Gasteiger partial charge in [-0.1, -0.05) is 0 Å². The summed E-state index contributed by atoms with van der Waals surface area (Å²) in [6, 6.07) is -0.497. The van der Waals surface area contributed by atoms with Gasteiger partial charge >= 0.3 is 12.1 Å². The first-order chi connectivity index (χ1) is 15.3. The number of aliphatic carboxylic acids is 1. The summed E-state index contributed by atoms with van der Waals surface area (Å²) in [6.07, 6.45) is -4.50.